The lowest BCUT2D eigenvalue weighted by atomic mass is 10.1. The molecular formula is C11H9Cl2N. The molecule has 0 bridgehead atoms. The maximum absolute atomic E-state index is 5.89. The highest BCUT2D eigenvalue weighted by Crippen LogP contribution is 2.27. The van der Waals surface area contributed by atoms with Crippen molar-refractivity contribution in [2.24, 2.45) is 0 Å². The molecule has 1 heterocycles. The fourth-order valence-corrected chi connectivity index (χ4v) is 1.73. The zero-order valence-electron chi connectivity index (χ0n) is 7.94. The van der Waals surface area contributed by atoms with Gasteiger partial charge < -0.3 is 0 Å². The molecule has 1 aromatic heterocycles. The van der Waals surface area contributed by atoms with Gasteiger partial charge in [0.15, 0.2) is 0 Å². The largest absolute Gasteiger partial charge is 0.234 e. The van der Waals surface area contributed by atoms with E-state index in [2.05, 4.69) is 18.0 Å². The Morgan fingerprint density at radius 2 is 1.86 bits per heavy atom. The summed E-state index contributed by atoms with van der Waals surface area (Å²) in [6, 6.07) is 5.91. The number of nitrogens with zero attached hydrogens (tertiary/aromatic N) is 1. The Bertz CT molecular complexity index is 506. The second-order valence-corrected chi connectivity index (χ2v) is 4.11. The van der Waals surface area contributed by atoms with Crippen LogP contribution in [0.2, 0.25) is 10.2 Å². The van der Waals surface area contributed by atoms with E-state index in [4.69, 9.17) is 23.2 Å². The van der Waals surface area contributed by atoms with E-state index < -0.39 is 0 Å². The highest BCUT2D eigenvalue weighted by molar-refractivity contribution is 6.41. The summed E-state index contributed by atoms with van der Waals surface area (Å²) in [5.74, 6) is 0. The van der Waals surface area contributed by atoms with Gasteiger partial charge in [0.1, 0.15) is 5.15 Å². The summed E-state index contributed by atoms with van der Waals surface area (Å²) in [6.07, 6.45) is 0. The van der Waals surface area contributed by atoms with Gasteiger partial charge in [0.2, 0.25) is 0 Å². The number of pyridine rings is 1. The van der Waals surface area contributed by atoms with Crippen molar-refractivity contribution < 1.29 is 0 Å². The summed E-state index contributed by atoms with van der Waals surface area (Å²) in [5, 5.41) is 1.90. The molecule has 0 unspecified atom stereocenters. The Labute approximate surface area is 92.7 Å². The normalized spacial score (nSPS) is 10.9. The molecule has 2 aromatic rings. The third-order valence-corrected chi connectivity index (χ3v) is 3.10. The molecule has 0 fully saturated rings. The number of hydrogen-bond acceptors (Lipinski definition) is 1. The van der Waals surface area contributed by atoms with Gasteiger partial charge in [-0.25, -0.2) is 4.98 Å². The quantitative estimate of drug-likeness (QED) is 0.614. The number of aromatic nitrogens is 1. The van der Waals surface area contributed by atoms with Crippen LogP contribution in [0.5, 0.6) is 0 Å². The Morgan fingerprint density at radius 1 is 1.14 bits per heavy atom. The molecule has 1 nitrogen and oxygen atoms in total. The van der Waals surface area contributed by atoms with Crippen molar-refractivity contribution in [3.63, 3.8) is 0 Å². The van der Waals surface area contributed by atoms with Gasteiger partial charge in [0, 0.05) is 5.39 Å². The lowest BCUT2D eigenvalue weighted by Crippen LogP contribution is -1.88. The minimum atomic E-state index is 0.368. The van der Waals surface area contributed by atoms with E-state index in [0.29, 0.717) is 10.2 Å². The van der Waals surface area contributed by atoms with Gasteiger partial charge >= 0.3 is 0 Å². The molecule has 14 heavy (non-hydrogen) atoms. The molecule has 2 rings (SSSR count). The molecule has 3 heteroatoms. The minimum absolute atomic E-state index is 0.368. The van der Waals surface area contributed by atoms with Gasteiger partial charge in [-0.3, -0.25) is 0 Å². The van der Waals surface area contributed by atoms with Crippen LogP contribution in [0.15, 0.2) is 18.2 Å². The van der Waals surface area contributed by atoms with Crippen LogP contribution in [0.3, 0.4) is 0 Å². The number of hydrogen-bond donors (Lipinski definition) is 0. The summed E-state index contributed by atoms with van der Waals surface area (Å²) < 4.78 is 0. The number of benzene rings is 1. The highest BCUT2D eigenvalue weighted by Gasteiger charge is 2.05. The predicted octanol–water partition coefficient (Wildman–Crippen LogP) is 4.16. The van der Waals surface area contributed by atoms with Gasteiger partial charge in [-0.05, 0) is 31.0 Å². The van der Waals surface area contributed by atoms with Crippen LogP contribution >= 0.6 is 23.2 Å². The first-order valence-electron chi connectivity index (χ1n) is 4.31. The third kappa shape index (κ3) is 1.47. The van der Waals surface area contributed by atoms with Crippen LogP contribution in [0.25, 0.3) is 10.9 Å². The smallest absolute Gasteiger partial charge is 0.148 e. The number of fused-ring (bicyclic) bond motifs is 1. The van der Waals surface area contributed by atoms with Crippen LogP contribution < -0.4 is 0 Å². The third-order valence-electron chi connectivity index (χ3n) is 2.42. The molecule has 0 amide bonds. The van der Waals surface area contributed by atoms with Crippen molar-refractivity contribution in [2.45, 2.75) is 13.8 Å². The monoisotopic (exact) mass is 225 g/mol. The van der Waals surface area contributed by atoms with Crippen molar-refractivity contribution in [2.75, 3.05) is 0 Å². The van der Waals surface area contributed by atoms with Crippen LogP contribution in [0, 0.1) is 13.8 Å². The fourth-order valence-electron chi connectivity index (χ4n) is 1.43. The molecule has 0 aliphatic carbocycles. The second kappa shape index (κ2) is 3.41. The topological polar surface area (TPSA) is 12.9 Å². The molecule has 0 saturated carbocycles. The molecule has 72 valence electrons. The van der Waals surface area contributed by atoms with Crippen molar-refractivity contribution in [1.82, 2.24) is 4.98 Å². The summed E-state index contributed by atoms with van der Waals surface area (Å²) in [5.41, 5.74) is 3.30. The molecular weight excluding hydrogens is 217 g/mol. The van der Waals surface area contributed by atoms with Crippen LogP contribution in [-0.2, 0) is 0 Å². The minimum Gasteiger partial charge on any atom is -0.234 e. The predicted molar refractivity (Wildman–Crippen MR) is 61.2 cm³/mol. The first-order chi connectivity index (χ1) is 6.59. The van der Waals surface area contributed by atoms with Crippen LogP contribution in [0.4, 0.5) is 0 Å². The first kappa shape index (κ1) is 9.75. The second-order valence-electron chi connectivity index (χ2n) is 3.34. The highest BCUT2D eigenvalue weighted by atomic mass is 35.5. The van der Waals surface area contributed by atoms with Crippen molar-refractivity contribution in [3.8, 4) is 0 Å². The summed E-state index contributed by atoms with van der Waals surface area (Å²) in [6.45, 7) is 4.09. The summed E-state index contributed by atoms with van der Waals surface area (Å²) in [7, 11) is 0. The van der Waals surface area contributed by atoms with E-state index in [1.165, 1.54) is 5.56 Å². The van der Waals surface area contributed by atoms with E-state index in [1.54, 1.807) is 0 Å². The first-order valence-corrected chi connectivity index (χ1v) is 5.07. The lowest BCUT2D eigenvalue weighted by molar-refractivity contribution is 1.31. The molecule has 0 atom stereocenters. The maximum Gasteiger partial charge on any atom is 0.148 e. The zero-order chi connectivity index (χ0) is 10.3. The van der Waals surface area contributed by atoms with E-state index in [0.717, 1.165) is 16.5 Å². The average molecular weight is 226 g/mol. The Balaban J connectivity index is 2.89. The van der Waals surface area contributed by atoms with Gasteiger partial charge in [0.05, 0.1) is 10.5 Å². The van der Waals surface area contributed by atoms with Gasteiger partial charge in [-0.2, -0.15) is 0 Å². The van der Waals surface area contributed by atoms with E-state index >= 15 is 0 Å². The molecule has 0 aliphatic rings. The zero-order valence-corrected chi connectivity index (χ0v) is 9.45. The summed E-state index contributed by atoms with van der Waals surface area (Å²) in [4.78, 5) is 4.27. The van der Waals surface area contributed by atoms with E-state index in [9.17, 15) is 0 Å². The molecule has 0 N–H and O–H groups in total. The number of halogens is 2. The van der Waals surface area contributed by atoms with Crippen molar-refractivity contribution >= 4 is 34.1 Å². The Hall–Kier alpha value is -0.790. The van der Waals surface area contributed by atoms with E-state index in [-0.39, 0.29) is 0 Å². The lowest BCUT2D eigenvalue weighted by Gasteiger charge is -2.05. The molecule has 0 saturated heterocycles. The summed E-state index contributed by atoms with van der Waals surface area (Å²) >= 11 is 11.8. The standard InChI is InChI=1S/C11H9Cl2N/c1-6-3-4-8-5-9(12)11(13)14-10(8)7(6)2/h3-5H,1-2H3. The number of aryl methyl sites for hydroxylation is 2. The van der Waals surface area contributed by atoms with E-state index in [1.807, 2.05) is 19.1 Å². The molecule has 0 spiro atoms. The fraction of sp³-hybridized carbons (Fsp3) is 0.182. The van der Waals surface area contributed by atoms with Crippen molar-refractivity contribution in [3.05, 3.63) is 39.5 Å². The van der Waals surface area contributed by atoms with Crippen molar-refractivity contribution in [1.29, 1.82) is 0 Å². The van der Waals surface area contributed by atoms with Gasteiger partial charge in [-0.1, -0.05) is 35.3 Å². The van der Waals surface area contributed by atoms with Gasteiger partial charge in [0.25, 0.3) is 0 Å². The van der Waals surface area contributed by atoms with Crippen LogP contribution in [-0.4, -0.2) is 4.98 Å². The molecule has 0 radical (unpaired) electrons. The average Bonchev–Trinajstić information content (AvgIpc) is 2.15. The Kier molecular flexibility index (Phi) is 2.38. The van der Waals surface area contributed by atoms with Crippen LogP contribution in [0.1, 0.15) is 11.1 Å². The Morgan fingerprint density at radius 3 is 2.57 bits per heavy atom. The molecule has 1 aromatic carbocycles. The SMILES string of the molecule is Cc1ccc2cc(Cl)c(Cl)nc2c1C. The maximum atomic E-state index is 5.89. The van der Waals surface area contributed by atoms with Gasteiger partial charge in [-0.15, -0.1) is 0 Å². The molecule has 0 aliphatic heterocycles. The number of rotatable bonds is 0.